The molecule has 1 unspecified atom stereocenters. The number of anilines is 1. The highest BCUT2D eigenvalue weighted by atomic mass is 19.1. The molecule has 2 aromatic carbocycles. The molecule has 0 radical (unpaired) electrons. The van der Waals surface area contributed by atoms with Crippen LogP contribution in [-0.4, -0.2) is 70.8 Å². The molecule has 282 valence electrons. The van der Waals surface area contributed by atoms with E-state index in [1.54, 1.807) is 6.08 Å². The molecule has 1 fully saturated rings. The summed E-state index contributed by atoms with van der Waals surface area (Å²) in [6.07, 6.45) is 5.71. The van der Waals surface area contributed by atoms with E-state index in [2.05, 4.69) is 41.1 Å². The van der Waals surface area contributed by atoms with E-state index in [-0.39, 0.29) is 11.7 Å². The van der Waals surface area contributed by atoms with Crippen LogP contribution >= 0.6 is 0 Å². The van der Waals surface area contributed by atoms with Gasteiger partial charge < -0.3 is 24.7 Å². The van der Waals surface area contributed by atoms with Crippen molar-refractivity contribution in [3.8, 4) is 11.1 Å². The Hall–Kier alpha value is -4.32. The number of carbonyl (C=O) groups is 1. The summed E-state index contributed by atoms with van der Waals surface area (Å²) in [5.74, 6) is 0.192. The number of nitrogens with one attached hydrogen (secondary N) is 1. The number of benzene rings is 2. The van der Waals surface area contributed by atoms with Gasteiger partial charge in [-0.25, -0.2) is 14.4 Å². The Morgan fingerprint density at radius 3 is 2.30 bits per heavy atom. The van der Waals surface area contributed by atoms with Crippen LogP contribution in [0.4, 0.5) is 10.1 Å². The highest BCUT2D eigenvalue weighted by molar-refractivity contribution is 5.82. The number of fused-ring (bicyclic) bond motifs is 2. The van der Waals surface area contributed by atoms with Crippen LogP contribution < -0.4 is 5.32 Å². The number of aliphatic carboxylic acids is 1. The maximum Gasteiger partial charge on any atom is 0.306 e. The van der Waals surface area contributed by atoms with Gasteiger partial charge in [-0.3, -0.25) is 14.6 Å². The van der Waals surface area contributed by atoms with Gasteiger partial charge >= 0.3 is 5.97 Å². The molecular weight excluding hydrogens is 670 g/mol. The summed E-state index contributed by atoms with van der Waals surface area (Å²) in [7, 11) is 3.88. The van der Waals surface area contributed by atoms with E-state index in [4.69, 9.17) is 9.97 Å². The first-order valence-corrected chi connectivity index (χ1v) is 19.2. The second-order valence-corrected chi connectivity index (χ2v) is 15.7. The van der Waals surface area contributed by atoms with E-state index in [1.165, 1.54) is 5.69 Å². The lowest BCUT2D eigenvalue weighted by molar-refractivity contribution is -0.143. The second kappa shape index (κ2) is 15.2. The number of aliphatic hydroxyl groups is 1. The number of carboxylic acids is 1. The van der Waals surface area contributed by atoms with Crippen molar-refractivity contribution < 1.29 is 19.4 Å². The number of nitrogens with zero attached hydrogens (tertiary/aromatic N) is 6. The largest absolute Gasteiger partial charge is 0.481 e. The Morgan fingerprint density at radius 2 is 1.58 bits per heavy atom. The highest BCUT2D eigenvalue weighted by Crippen LogP contribution is 2.36. The molecule has 0 spiro atoms. The number of halogens is 1. The quantitative estimate of drug-likeness (QED) is 0.150. The van der Waals surface area contributed by atoms with Gasteiger partial charge in [-0.05, 0) is 99.3 Å². The lowest BCUT2D eigenvalue weighted by Gasteiger charge is -2.33. The minimum atomic E-state index is -0.981. The zero-order valence-electron chi connectivity index (χ0n) is 32.0. The van der Waals surface area contributed by atoms with Crippen molar-refractivity contribution in [2.75, 3.05) is 25.0 Å². The Morgan fingerprint density at radius 1 is 0.925 bits per heavy atom. The lowest BCUT2D eigenvalue weighted by atomic mass is 9.81. The Balaban J connectivity index is 1.07. The molecule has 7 rings (SSSR count). The van der Waals surface area contributed by atoms with Gasteiger partial charge in [0, 0.05) is 82.8 Å². The third-order valence-corrected chi connectivity index (χ3v) is 12.1. The number of hydrogen-bond donors (Lipinski definition) is 3. The van der Waals surface area contributed by atoms with Crippen LogP contribution in [-0.2, 0) is 44.8 Å². The molecule has 1 atom stereocenters. The van der Waals surface area contributed by atoms with Gasteiger partial charge in [0.2, 0.25) is 0 Å². The van der Waals surface area contributed by atoms with Crippen molar-refractivity contribution in [3.63, 3.8) is 0 Å². The predicted octanol–water partition coefficient (Wildman–Crippen LogP) is 7.02. The van der Waals surface area contributed by atoms with E-state index in [0.29, 0.717) is 30.2 Å². The number of aromatic nitrogens is 4. The summed E-state index contributed by atoms with van der Waals surface area (Å²) in [4.78, 5) is 25.9. The summed E-state index contributed by atoms with van der Waals surface area (Å²) in [5.41, 5.74) is 9.74. The lowest BCUT2D eigenvalue weighted by Crippen LogP contribution is -2.36. The van der Waals surface area contributed by atoms with E-state index < -0.39 is 12.2 Å². The van der Waals surface area contributed by atoms with E-state index in [0.717, 1.165) is 115 Å². The predicted molar refractivity (Wildman–Crippen MR) is 207 cm³/mol. The molecule has 0 bridgehead atoms. The van der Waals surface area contributed by atoms with Gasteiger partial charge in [-0.1, -0.05) is 30.3 Å². The molecule has 11 heteroatoms. The number of rotatable bonds is 10. The maximum absolute atomic E-state index is 16.1. The third-order valence-electron chi connectivity index (χ3n) is 12.1. The van der Waals surface area contributed by atoms with Crippen LogP contribution in [0, 0.1) is 25.7 Å². The molecule has 3 N–H and O–H groups in total. The molecule has 2 aliphatic heterocycles. The maximum atomic E-state index is 16.1. The van der Waals surface area contributed by atoms with Crippen molar-refractivity contribution in [1.82, 2.24) is 28.9 Å². The van der Waals surface area contributed by atoms with Gasteiger partial charge in [-0.15, -0.1) is 0 Å². The average Bonchev–Trinajstić information content (AvgIpc) is 3.65. The molecule has 53 heavy (non-hydrogen) atoms. The Kier molecular flexibility index (Phi) is 10.6. The summed E-state index contributed by atoms with van der Waals surface area (Å²) in [5, 5.41) is 24.1. The van der Waals surface area contributed by atoms with Crippen molar-refractivity contribution in [2.24, 2.45) is 25.9 Å². The third kappa shape index (κ3) is 7.43. The minimum absolute atomic E-state index is 0.207. The van der Waals surface area contributed by atoms with Gasteiger partial charge in [0.05, 0.1) is 17.3 Å². The smallest absolute Gasteiger partial charge is 0.306 e. The molecule has 2 aromatic heterocycles. The summed E-state index contributed by atoms with van der Waals surface area (Å²) >= 11 is 0. The topological polar surface area (TPSA) is 112 Å². The minimum Gasteiger partial charge on any atom is -0.481 e. The molecule has 0 amide bonds. The average molecular weight is 724 g/mol. The molecule has 0 saturated heterocycles. The molecule has 10 nitrogen and oxygen atoms in total. The monoisotopic (exact) mass is 723 g/mol. The van der Waals surface area contributed by atoms with Gasteiger partial charge in [-0.2, -0.15) is 0 Å². The first-order chi connectivity index (χ1) is 25.4. The molecule has 4 heterocycles. The summed E-state index contributed by atoms with van der Waals surface area (Å²) < 4.78 is 20.1. The fourth-order valence-electron chi connectivity index (χ4n) is 8.76. The van der Waals surface area contributed by atoms with E-state index >= 15 is 4.39 Å². The Bertz CT molecular complexity index is 2020. The normalized spacial score (nSPS) is 20.4. The SMILES string of the molecule is Cc1c(/C=C(\F)c2nc3c(n2C)CCN(C[C@H]2CC[C@H](C(=O)O)CC2)C3)cccc1-c1cccc(NC(O)c2nc3c(n2C)CCN(C(C)C)C3)c1C. The van der Waals surface area contributed by atoms with Crippen LogP contribution in [0.1, 0.15) is 96.9 Å². The van der Waals surface area contributed by atoms with E-state index in [9.17, 15) is 15.0 Å². The summed E-state index contributed by atoms with van der Waals surface area (Å²) in [6, 6.07) is 12.4. The van der Waals surface area contributed by atoms with Crippen molar-refractivity contribution in [2.45, 2.75) is 91.6 Å². The highest BCUT2D eigenvalue weighted by Gasteiger charge is 2.30. The fourth-order valence-corrected chi connectivity index (χ4v) is 8.76. The van der Waals surface area contributed by atoms with Crippen LogP contribution in [0.3, 0.4) is 0 Å². The fraction of sp³-hybridized carbons (Fsp3) is 0.500. The zero-order chi connectivity index (χ0) is 37.6. The number of imidazole rings is 2. The van der Waals surface area contributed by atoms with Gasteiger partial charge in [0.1, 0.15) is 0 Å². The number of aliphatic hydroxyl groups excluding tert-OH is 1. The van der Waals surface area contributed by atoms with Crippen LogP contribution in [0.5, 0.6) is 0 Å². The van der Waals surface area contributed by atoms with Gasteiger partial charge in [0.15, 0.2) is 23.7 Å². The Labute approximate surface area is 312 Å². The number of carboxylic acid groups (broad SMARTS) is 1. The van der Waals surface area contributed by atoms with Crippen LogP contribution in [0.15, 0.2) is 36.4 Å². The number of hydrogen-bond acceptors (Lipinski definition) is 7. The van der Waals surface area contributed by atoms with Gasteiger partial charge in [0.25, 0.3) is 0 Å². The molecule has 4 aromatic rings. The van der Waals surface area contributed by atoms with Crippen LogP contribution in [0.2, 0.25) is 0 Å². The van der Waals surface area contributed by atoms with Crippen molar-refractivity contribution >= 4 is 23.6 Å². The molecule has 3 aliphatic rings. The summed E-state index contributed by atoms with van der Waals surface area (Å²) in [6.45, 7) is 12.7. The molecular formula is C42H54FN7O3. The van der Waals surface area contributed by atoms with Crippen molar-refractivity contribution in [1.29, 1.82) is 0 Å². The molecule has 1 aliphatic carbocycles. The zero-order valence-corrected chi connectivity index (χ0v) is 32.0. The molecule has 1 saturated carbocycles. The van der Waals surface area contributed by atoms with E-state index in [1.807, 2.05) is 61.3 Å². The standard InChI is InChI=1S/C42H54FN7O3/c1-25(2)50-20-18-38-36(24-50)45-40(48(38)6)41(51)46-34-12-8-11-32(27(34)4)31-10-7-9-30(26(31)3)21-33(43)39-44-35-23-49(19-17-37(35)47(39)5)22-28-13-15-29(16-14-28)42(52)53/h7-12,21,25,28-29,41,46,51H,13-20,22-24H2,1-6H3,(H,52,53)/b33-21-/t28-,29-,41?. The van der Waals surface area contributed by atoms with Crippen molar-refractivity contribution in [3.05, 3.63) is 87.5 Å². The second-order valence-electron chi connectivity index (χ2n) is 15.7. The first kappa shape index (κ1) is 37.0. The first-order valence-electron chi connectivity index (χ1n) is 19.2. The van der Waals surface area contributed by atoms with Crippen LogP contribution in [0.25, 0.3) is 23.0 Å².